The Bertz CT molecular complexity index is 755. The van der Waals surface area contributed by atoms with Gasteiger partial charge in [0.2, 0.25) is 0 Å². The Kier molecular flexibility index (Phi) is 4.29. The summed E-state index contributed by atoms with van der Waals surface area (Å²) in [5, 5.41) is 8.80. The second-order valence-corrected chi connectivity index (χ2v) is 4.60. The van der Waals surface area contributed by atoms with Crippen molar-refractivity contribution in [1.29, 1.82) is 5.26 Å². The lowest BCUT2D eigenvalue weighted by Gasteiger charge is -2.11. The number of nitrogens with zero attached hydrogens (tertiary/aromatic N) is 1. The minimum absolute atomic E-state index is 0.280. The molecule has 0 amide bonds. The van der Waals surface area contributed by atoms with Crippen molar-refractivity contribution in [2.45, 2.75) is 5.92 Å². The van der Waals surface area contributed by atoms with Crippen molar-refractivity contribution in [3.05, 3.63) is 70.0 Å². The fourth-order valence-corrected chi connectivity index (χ4v) is 2.03. The van der Waals surface area contributed by atoms with E-state index in [1.807, 2.05) is 0 Å². The number of carbonyl (C=O) groups is 1. The van der Waals surface area contributed by atoms with Crippen LogP contribution < -0.4 is 0 Å². The van der Waals surface area contributed by atoms with Crippen LogP contribution in [0.1, 0.15) is 21.8 Å². The van der Waals surface area contributed by atoms with Crippen molar-refractivity contribution in [3.8, 4) is 6.07 Å². The topological polar surface area (TPSA) is 40.9 Å². The van der Waals surface area contributed by atoms with E-state index in [4.69, 9.17) is 16.9 Å². The van der Waals surface area contributed by atoms with E-state index in [0.29, 0.717) is 6.07 Å². The third-order valence-corrected chi connectivity index (χ3v) is 3.17. The predicted molar refractivity (Wildman–Crippen MR) is 70.5 cm³/mol. The zero-order valence-electron chi connectivity index (χ0n) is 10.4. The number of carbonyl (C=O) groups excluding carboxylic acids is 1. The summed E-state index contributed by atoms with van der Waals surface area (Å²) < 4.78 is 40.4. The summed E-state index contributed by atoms with van der Waals surface area (Å²) >= 11 is 5.57. The maximum Gasteiger partial charge on any atom is 0.187 e. The van der Waals surface area contributed by atoms with Crippen LogP contribution in [0.25, 0.3) is 0 Å². The van der Waals surface area contributed by atoms with E-state index in [1.165, 1.54) is 12.1 Å². The van der Waals surface area contributed by atoms with Crippen LogP contribution >= 0.6 is 11.6 Å². The van der Waals surface area contributed by atoms with Crippen molar-refractivity contribution in [2.75, 3.05) is 0 Å². The van der Waals surface area contributed by atoms with Crippen LogP contribution in [0.15, 0.2) is 36.4 Å². The summed E-state index contributed by atoms with van der Waals surface area (Å²) in [5.74, 6) is -5.39. The molecule has 0 bridgehead atoms. The van der Waals surface area contributed by atoms with Gasteiger partial charge in [-0.3, -0.25) is 4.79 Å². The number of rotatable bonds is 3. The van der Waals surface area contributed by atoms with Crippen molar-refractivity contribution in [3.63, 3.8) is 0 Å². The second-order valence-electron chi connectivity index (χ2n) is 4.19. The Hall–Kier alpha value is -2.32. The van der Waals surface area contributed by atoms with Crippen molar-refractivity contribution in [2.24, 2.45) is 0 Å². The van der Waals surface area contributed by atoms with Crippen molar-refractivity contribution < 1.29 is 18.0 Å². The Balaban J connectivity index is 2.49. The number of nitriles is 1. The molecule has 0 heterocycles. The molecule has 1 atom stereocenters. The fraction of sp³-hybridized carbons (Fsp3) is 0.0667. The van der Waals surface area contributed by atoms with Gasteiger partial charge in [0.15, 0.2) is 11.6 Å². The summed E-state index contributed by atoms with van der Waals surface area (Å²) in [7, 11) is 0. The molecule has 0 fully saturated rings. The molecule has 0 aliphatic heterocycles. The number of Topliss-reactive ketones (excluding diaryl/α,β-unsaturated/α-hetero) is 1. The van der Waals surface area contributed by atoms with Gasteiger partial charge in [0.05, 0.1) is 16.7 Å². The quantitative estimate of drug-likeness (QED) is 0.795. The third-order valence-electron chi connectivity index (χ3n) is 2.88. The highest BCUT2D eigenvalue weighted by molar-refractivity contribution is 6.31. The van der Waals surface area contributed by atoms with E-state index in [0.717, 1.165) is 18.2 Å². The number of ketones is 1. The van der Waals surface area contributed by atoms with Crippen molar-refractivity contribution in [1.82, 2.24) is 0 Å². The molecule has 1 unspecified atom stereocenters. The van der Waals surface area contributed by atoms with Crippen LogP contribution in [-0.4, -0.2) is 5.78 Å². The van der Waals surface area contributed by atoms with E-state index in [1.54, 1.807) is 6.07 Å². The molecular weight excluding hydrogens is 303 g/mol. The number of hydrogen-bond acceptors (Lipinski definition) is 2. The van der Waals surface area contributed by atoms with Crippen LogP contribution in [0.2, 0.25) is 5.02 Å². The summed E-state index contributed by atoms with van der Waals surface area (Å²) in [4.78, 5) is 12.2. The van der Waals surface area contributed by atoms with Crippen LogP contribution in [0.3, 0.4) is 0 Å². The zero-order chi connectivity index (χ0) is 15.6. The van der Waals surface area contributed by atoms with Gasteiger partial charge >= 0.3 is 0 Å². The lowest BCUT2D eigenvalue weighted by atomic mass is 9.91. The minimum atomic E-state index is -1.58. The molecular formula is C15H7ClF3NO. The predicted octanol–water partition coefficient (Wildman–Crippen LogP) is 4.25. The molecule has 21 heavy (non-hydrogen) atoms. The Morgan fingerprint density at radius 1 is 1.19 bits per heavy atom. The van der Waals surface area contributed by atoms with Gasteiger partial charge in [0.1, 0.15) is 17.6 Å². The van der Waals surface area contributed by atoms with Gasteiger partial charge in [-0.15, -0.1) is 0 Å². The highest BCUT2D eigenvalue weighted by Gasteiger charge is 2.27. The van der Waals surface area contributed by atoms with E-state index in [2.05, 4.69) is 0 Å². The smallest absolute Gasteiger partial charge is 0.187 e. The number of hydrogen-bond donors (Lipinski definition) is 0. The second kappa shape index (κ2) is 5.98. The monoisotopic (exact) mass is 309 g/mol. The van der Waals surface area contributed by atoms with Gasteiger partial charge in [-0.05, 0) is 18.2 Å². The standard InChI is InChI=1S/C15H7ClF3NO/c16-12-3-1-2-10(14(12)19)15(21)11(7-20)9-5-4-8(17)6-13(9)18/h1-6,11H. The summed E-state index contributed by atoms with van der Waals surface area (Å²) in [6.45, 7) is 0. The van der Waals surface area contributed by atoms with E-state index < -0.39 is 34.7 Å². The molecule has 0 aliphatic rings. The van der Waals surface area contributed by atoms with E-state index in [9.17, 15) is 18.0 Å². The molecule has 2 aromatic rings. The molecule has 2 rings (SSSR count). The lowest BCUT2D eigenvalue weighted by Crippen LogP contribution is -2.14. The summed E-state index contributed by atoms with van der Waals surface area (Å²) in [6.07, 6.45) is 0. The first-order valence-corrected chi connectivity index (χ1v) is 6.16. The first kappa shape index (κ1) is 15.1. The maximum atomic E-state index is 13.8. The normalized spacial score (nSPS) is 11.8. The highest BCUT2D eigenvalue weighted by atomic mass is 35.5. The molecule has 2 nitrogen and oxygen atoms in total. The van der Waals surface area contributed by atoms with Gasteiger partial charge in [-0.25, -0.2) is 13.2 Å². The van der Waals surface area contributed by atoms with Gasteiger partial charge in [0.25, 0.3) is 0 Å². The van der Waals surface area contributed by atoms with E-state index >= 15 is 0 Å². The largest absolute Gasteiger partial charge is 0.292 e. The summed E-state index contributed by atoms with van der Waals surface area (Å²) in [5.41, 5.74) is -0.735. The maximum absolute atomic E-state index is 13.8. The Morgan fingerprint density at radius 2 is 1.90 bits per heavy atom. The molecule has 0 N–H and O–H groups in total. The first-order valence-electron chi connectivity index (χ1n) is 5.78. The fourth-order valence-electron chi connectivity index (χ4n) is 1.85. The molecule has 0 radical (unpaired) electrons. The first-order chi connectivity index (χ1) is 9.95. The van der Waals surface area contributed by atoms with Gasteiger partial charge < -0.3 is 0 Å². The molecule has 0 aromatic heterocycles. The molecule has 0 spiro atoms. The van der Waals surface area contributed by atoms with Gasteiger partial charge in [-0.1, -0.05) is 23.7 Å². The molecule has 0 aliphatic carbocycles. The van der Waals surface area contributed by atoms with E-state index in [-0.39, 0.29) is 10.6 Å². The zero-order valence-corrected chi connectivity index (χ0v) is 11.2. The molecule has 0 saturated carbocycles. The van der Waals surface area contributed by atoms with Gasteiger partial charge in [-0.2, -0.15) is 5.26 Å². The Morgan fingerprint density at radius 3 is 2.52 bits per heavy atom. The van der Waals surface area contributed by atoms with Crippen LogP contribution in [0.4, 0.5) is 13.2 Å². The number of benzene rings is 2. The SMILES string of the molecule is N#CC(C(=O)c1cccc(Cl)c1F)c1ccc(F)cc1F. The molecule has 6 heteroatoms. The molecule has 106 valence electrons. The van der Waals surface area contributed by atoms with Crippen LogP contribution in [0, 0.1) is 28.8 Å². The third kappa shape index (κ3) is 2.91. The highest BCUT2D eigenvalue weighted by Crippen LogP contribution is 2.27. The lowest BCUT2D eigenvalue weighted by molar-refractivity contribution is 0.0973. The van der Waals surface area contributed by atoms with Crippen LogP contribution in [0.5, 0.6) is 0 Å². The average molecular weight is 310 g/mol. The molecule has 2 aromatic carbocycles. The number of halogens is 4. The van der Waals surface area contributed by atoms with Gasteiger partial charge in [0, 0.05) is 11.6 Å². The minimum Gasteiger partial charge on any atom is -0.292 e. The summed E-state index contributed by atoms with van der Waals surface area (Å²) in [6, 6.07) is 7.80. The van der Waals surface area contributed by atoms with Crippen LogP contribution in [-0.2, 0) is 0 Å². The average Bonchev–Trinajstić information content (AvgIpc) is 2.44. The molecule has 0 saturated heterocycles. The Labute approximate surface area is 123 Å². The van der Waals surface area contributed by atoms with Crippen molar-refractivity contribution >= 4 is 17.4 Å².